The normalized spacial score (nSPS) is 28.1. The summed E-state index contributed by atoms with van der Waals surface area (Å²) in [4.78, 5) is 12.9. The molecular formula is C43H66O7Si. The molecule has 0 aliphatic heterocycles. The fourth-order valence-corrected chi connectivity index (χ4v) is 10.5. The third-order valence-corrected chi connectivity index (χ3v) is 18.0. The van der Waals surface area contributed by atoms with Crippen LogP contribution in [-0.2, 0) is 34.9 Å². The summed E-state index contributed by atoms with van der Waals surface area (Å²) in [6.45, 7) is 14.4. The number of carbonyl (C=O) groups is 1. The van der Waals surface area contributed by atoms with Gasteiger partial charge in [0, 0.05) is 18.9 Å². The summed E-state index contributed by atoms with van der Waals surface area (Å²) >= 11 is 0. The number of ether oxygens (including phenoxy) is 2. The number of rotatable bonds is 12. The molecule has 3 N–H and O–H groups in total. The minimum Gasteiger partial charge on any atom is -0.496 e. The Morgan fingerprint density at radius 3 is 2.00 bits per heavy atom. The maximum absolute atomic E-state index is 12.9. The van der Waals surface area contributed by atoms with E-state index in [9.17, 15) is 15.0 Å². The summed E-state index contributed by atoms with van der Waals surface area (Å²) in [5.41, 5.74) is 5.36. The van der Waals surface area contributed by atoms with Gasteiger partial charge < -0.3 is 29.2 Å². The second kappa shape index (κ2) is 16.8. The van der Waals surface area contributed by atoms with Gasteiger partial charge in [-0.05, 0) is 146 Å². The minimum absolute atomic E-state index is 0.197. The molecule has 8 heteroatoms. The molecule has 0 spiro atoms. The van der Waals surface area contributed by atoms with E-state index in [1.807, 2.05) is 12.1 Å². The lowest BCUT2D eigenvalue weighted by Crippen LogP contribution is -2.41. The summed E-state index contributed by atoms with van der Waals surface area (Å²) in [6.07, 6.45) is 8.05. The number of benzene rings is 2. The zero-order valence-electron chi connectivity index (χ0n) is 32.6. The standard InChI is InChI=1S/C25H40O3Si.C18H26O4/c1-17(16-28-29(6,7)25(2,3)4)11-12-20-21-13-18-9-8-10-24(27-5)22(18)14-19(21)15-23(20)26;1-22-18-4-2-3-11-7-15-12(8-16(11)18)9-17(21)14(15)6-5-13(20)10-19/h8-10,17,19-21H,11-16H2,1-7H3;2-4,12-15,17,19-21H,5-10H2,1H3/t17-,19+,20?,21+;12-,13+,14+,15-,17+/m10/s1. The van der Waals surface area contributed by atoms with Gasteiger partial charge in [0.05, 0.1) is 33.0 Å². The van der Waals surface area contributed by atoms with Gasteiger partial charge >= 0.3 is 0 Å². The summed E-state index contributed by atoms with van der Waals surface area (Å²) in [6, 6.07) is 12.6. The fourth-order valence-electron chi connectivity index (χ4n) is 9.36. The number of ketones is 1. The summed E-state index contributed by atoms with van der Waals surface area (Å²) < 4.78 is 17.5. The monoisotopic (exact) mass is 722 g/mol. The second-order valence-corrected chi connectivity index (χ2v) is 22.6. The maximum Gasteiger partial charge on any atom is 0.191 e. The van der Waals surface area contributed by atoms with Crippen LogP contribution in [0.4, 0.5) is 0 Å². The van der Waals surface area contributed by atoms with Crippen molar-refractivity contribution >= 4 is 14.1 Å². The Morgan fingerprint density at radius 2 is 1.43 bits per heavy atom. The zero-order valence-corrected chi connectivity index (χ0v) is 33.6. The molecular weight excluding hydrogens is 657 g/mol. The molecule has 2 aromatic rings. The van der Waals surface area contributed by atoms with Crippen LogP contribution in [0.15, 0.2) is 36.4 Å². The Morgan fingerprint density at radius 1 is 0.843 bits per heavy atom. The number of fused-ring (bicyclic) bond motifs is 4. The lowest BCUT2D eigenvalue weighted by Gasteiger charge is -2.37. The van der Waals surface area contributed by atoms with E-state index < -0.39 is 14.4 Å². The molecule has 2 fully saturated rings. The molecule has 51 heavy (non-hydrogen) atoms. The molecule has 0 amide bonds. The molecule has 7 nitrogen and oxygen atoms in total. The van der Waals surface area contributed by atoms with Crippen LogP contribution >= 0.6 is 0 Å². The Bertz CT molecular complexity index is 1470. The van der Waals surface area contributed by atoms with Crippen LogP contribution in [0.5, 0.6) is 11.5 Å². The van der Waals surface area contributed by atoms with Gasteiger partial charge in [-0.25, -0.2) is 0 Å². The van der Waals surface area contributed by atoms with E-state index >= 15 is 0 Å². The Labute approximate surface area is 308 Å². The van der Waals surface area contributed by atoms with Gasteiger partial charge in [-0.15, -0.1) is 0 Å². The van der Waals surface area contributed by atoms with E-state index in [1.54, 1.807) is 14.2 Å². The molecule has 0 heterocycles. The number of methoxy groups -OCH3 is 2. The van der Waals surface area contributed by atoms with Crippen LogP contribution in [0.2, 0.25) is 18.1 Å². The Balaban J connectivity index is 0.000000205. The Hall–Kier alpha value is -2.23. The number of aliphatic hydroxyl groups excluding tert-OH is 3. The number of Topliss-reactive ketones (excluding diaryl/α,β-unsaturated/α-hetero) is 1. The van der Waals surface area contributed by atoms with Crippen molar-refractivity contribution in [1.82, 2.24) is 0 Å². The third-order valence-electron chi connectivity index (χ3n) is 13.5. The predicted molar refractivity (Wildman–Crippen MR) is 206 cm³/mol. The van der Waals surface area contributed by atoms with Crippen molar-refractivity contribution in [3.05, 3.63) is 58.7 Å². The van der Waals surface area contributed by atoms with Crippen LogP contribution in [0.25, 0.3) is 0 Å². The van der Waals surface area contributed by atoms with Crippen molar-refractivity contribution in [2.45, 2.75) is 122 Å². The topological polar surface area (TPSA) is 105 Å². The lowest BCUT2D eigenvalue weighted by atomic mass is 9.73. The molecule has 9 atom stereocenters. The number of hydrogen-bond acceptors (Lipinski definition) is 7. The molecule has 0 radical (unpaired) electrons. The van der Waals surface area contributed by atoms with E-state index in [2.05, 4.69) is 65.1 Å². The first-order chi connectivity index (χ1) is 24.2. The largest absolute Gasteiger partial charge is 0.496 e. The lowest BCUT2D eigenvalue weighted by molar-refractivity contribution is -0.121. The molecule has 1 unspecified atom stereocenters. The van der Waals surface area contributed by atoms with Crippen LogP contribution in [-0.4, -0.2) is 69.1 Å². The van der Waals surface area contributed by atoms with E-state index in [1.165, 1.54) is 22.3 Å². The molecule has 4 aliphatic rings. The number of hydrogen-bond donors (Lipinski definition) is 3. The highest BCUT2D eigenvalue weighted by atomic mass is 28.4. The highest BCUT2D eigenvalue weighted by Gasteiger charge is 2.46. The van der Waals surface area contributed by atoms with Crippen molar-refractivity contribution < 1.29 is 34.0 Å². The SMILES string of the molecule is COc1cccc2c1C[C@H]1CC(=O)C(CC[C@@H](C)CO[Si](C)(C)C(C)(C)C)[C@H]1C2.COc1cccc2c1C[C@H]1C[C@@H](O)[C@H](CC[C@@H](O)CO)[C@H]1C2. The molecule has 284 valence electrons. The molecule has 0 aromatic heterocycles. The third kappa shape index (κ3) is 9.12. The van der Waals surface area contributed by atoms with Crippen molar-refractivity contribution in [3.8, 4) is 11.5 Å². The van der Waals surface area contributed by atoms with Crippen LogP contribution in [0, 0.1) is 41.4 Å². The fraction of sp³-hybridized carbons (Fsp3) is 0.698. The highest BCUT2D eigenvalue weighted by molar-refractivity contribution is 6.74. The van der Waals surface area contributed by atoms with Gasteiger partial charge in [0.25, 0.3) is 0 Å². The highest BCUT2D eigenvalue weighted by Crippen LogP contribution is 2.49. The van der Waals surface area contributed by atoms with E-state index in [0.717, 1.165) is 75.9 Å². The zero-order chi connectivity index (χ0) is 37.1. The predicted octanol–water partition coefficient (Wildman–Crippen LogP) is 7.59. The molecule has 6 rings (SSSR count). The quantitative estimate of drug-likeness (QED) is 0.194. The van der Waals surface area contributed by atoms with Crippen LogP contribution < -0.4 is 9.47 Å². The van der Waals surface area contributed by atoms with Gasteiger partial charge in [-0.3, -0.25) is 4.79 Å². The van der Waals surface area contributed by atoms with E-state index in [-0.39, 0.29) is 29.6 Å². The van der Waals surface area contributed by atoms with E-state index in [0.29, 0.717) is 41.8 Å². The van der Waals surface area contributed by atoms with Crippen molar-refractivity contribution in [2.75, 3.05) is 27.4 Å². The van der Waals surface area contributed by atoms with Gasteiger partial charge in [0.15, 0.2) is 8.32 Å². The van der Waals surface area contributed by atoms with Gasteiger partial charge in [0.2, 0.25) is 0 Å². The average molecular weight is 723 g/mol. The molecule has 4 aliphatic carbocycles. The first-order valence-corrected chi connectivity index (χ1v) is 22.5. The number of carbonyl (C=O) groups excluding carboxylic acids is 1. The summed E-state index contributed by atoms with van der Waals surface area (Å²) in [5, 5.41) is 29.2. The van der Waals surface area contributed by atoms with Crippen LogP contribution in [0.3, 0.4) is 0 Å². The maximum atomic E-state index is 12.9. The van der Waals surface area contributed by atoms with Gasteiger partial charge in [-0.1, -0.05) is 52.0 Å². The minimum atomic E-state index is -1.70. The smallest absolute Gasteiger partial charge is 0.191 e. The average Bonchev–Trinajstić information content (AvgIpc) is 3.58. The van der Waals surface area contributed by atoms with Crippen molar-refractivity contribution in [3.63, 3.8) is 0 Å². The molecule has 0 bridgehead atoms. The summed E-state index contributed by atoms with van der Waals surface area (Å²) in [7, 11) is 1.76. The number of aliphatic hydroxyl groups is 3. The summed E-state index contributed by atoms with van der Waals surface area (Å²) in [5.74, 6) is 5.38. The van der Waals surface area contributed by atoms with Gasteiger partial charge in [-0.2, -0.15) is 0 Å². The second-order valence-electron chi connectivity index (χ2n) is 17.8. The van der Waals surface area contributed by atoms with Gasteiger partial charge in [0.1, 0.15) is 17.3 Å². The van der Waals surface area contributed by atoms with E-state index in [4.69, 9.17) is 19.0 Å². The van der Waals surface area contributed by atoms with Crippen LogP contribution in [0.1, 0.15) is 88.5 Å². The molecule has 2 saturated carbocycles. The Kier molecular flexibility index (Phi) is 13.2. The molecule has 0 saturated heterocycles. The first kappa shape index (κ1) is 40.0. The van der Waals surface area contributed by atoms with Crippen molar-refractivity contribution in [1.29, 1.82) is 0 Å². The van der Waals surface area contributed by atoms with Crippen molar-refractivity contribution in [2.24, 2.45) is 41.4 Å². The first-order valence-electron chi connectivity index (χ1n) is 19.6. The molecule has 2 aromatic carbocycles.